The smallest absolute Gasteiger partial charge is 0.122 e. The summed E-state index contributed by atoms with van der Waals surface area (Å²) in [6.45, 7) is 4.19. The first-order valence-corrected chi connectivity index (χ1v) is 5.21. The Balaban J connectivity index is 2.53. The second-order valence-corrected chi connectivity index (χ2v) is 4.37. The standard InChI is InChI=1S/C12H17NO/c1-7(2)8-3-4-9-10(12(8)14)5-6-11(9)13/h3-4,7,11,14H,5-6,13H2,1-2H3/t11-/m1/s1. The van der Waals surface area contributed by atoms with E-state index in [9.17, 15) is 5.11 Å². The van der Waals surface area contributed by atoms with Crippen LogP contribution in [0.4, 0.5) is 0 Å². The van der Waals surface area contributed by atoms with Crippen molar-refractivity contribution >= 4 is 0 Å². The zero-order chi connectivity index (χ0) is 10.3. The van der Waals surface area contributed by atoms with E-state index >= 15 is 0 Å². The van der Waals surface area contributed by atoms with Crippen LogP contribution >= 0.6 is 0 Å². The topological polar surface area (TPSA) is 46.2 Å². The van der Waals surface area contributed by atoms with Gasteiger partial charge in [0.15, 0.2) is 0 Å². The maximum absolute atomic E-state index is 10.0. The van der Waals surface area contributed by atoms with E-state index in [0.717, 1.165) is 29.5 Å². The minimum Gasteiger partial charge on any atom is -0.507 e. The van der Waals surface area contributed by atoms with Crippen molar-refractivity contribution in [1.29, 1.82) is 0 Å². The van der Waals surface area contributed by atoms with Crippen molar-refractivity contribution in [2.45, 2.75) is 38.6 Å². The molecule has 0 radical (unpaired) electrons. The number of benzene rings is 1. The highest BCUT2D eigenvalue weighted by molar-refractivity contribution is 5.50. The second-order valence-electron chi connectivity index (χ2n) is 4.37. The number of phenolic OH excluding ortho intramolecular Hbond substituents is 1. The fraction of sp³-hybridized carbons (Fsp3) is 0.500. The Kier molecular flexibility index (Phi) is 2.23. The van der Waals surface area contributed by atoms with Gasteiger partial charge >= 0.3 is 0 Å². The van der Waals surface area contributed by atoms with Gasteiger partial charge < -0.3 is 10.8 Å². The summed E-state index contributed by atoms with van der Waals surface area (Å²) in [6, 6.07) is 4.20. The molecule has 0 spiro atoms. The van der Waals surface area contributed by atoms with Crippen molar-refractivity contribution in [3.63, 3.8) is 0 Å². The van der Waals surface area contributed by atoms with Gasteiger partial charge in [-0.3, -0.25) is 0 Å². The van der Waals surface area contributed by atoms with Crippen molar-refractivity contribution in [1.82, 2.24) is 0 Å². The van der Waals surface area contributed by atoms with E-state index in [1.54, 1.807) is 0 Å². The Morgan fingerprint density at radius 2 is 2.14 bits per heavy atom. The highest BCUT2D eigenvalue weighted by atomic mass is 16.3. The number of nitrogens with two attached hydrogens (primary N) is 1. The van der Waals surface area contributed by atoms with E-state index in [1.165, 1.54) is 0 Å². The highest BCUT2D eigenvalue weighted by Gasteiger charge is 2.23. The lowest BCUT2D eigenvalue weighted by molar-refractivity contribution is 0.458. The van der Waals surface area contributed by atoms with Gasteiger partial charge in [-0.2, -0.15) is 0 Å². The van der Waals surface area contributed by atoms with Crippen LogP contribution in [0.3, 0.4) is 0 Å². The fourth-order valence-electron chi connectivity index (χ4n) is 2.20. The lowest BCUT2D eigenvalue weighted by Crippen LogP contribution is -2.05. The van der Waals surface area contributed by atoms with Crippen molar-refractivity contribution in [3.8, 4) is 5.75 Å². The third-order valence-corrected chi connectivity index (χ3v) is 3.08. The van der Waals surface area contributed by atoms with Crippen LogP contribution < -0.4 is 5.73 Å². The Hall–Kier alpha value is -1.02. The molecule has 1 aromatic carbocycles. The molecule has 0 aliphatic heterocycles. The molecule has 0 fully saturated rings. The predicted octanol–water partition coefficient (Wildman–Crippen LogP) is 2.46. The molecule has 2 heteroatoms. The monoisotopic (exact) mass is 191 g/mol. The van der Waals surface area contributed by atoms with Gasteiger partial charge in [-0.15, -0.1) is 0 Å². The normalized spacial score (nSPS) is 20.1. The average molecular weight is 191 g/mol. The number of hydrogen-bond acceptors (Lipinski definition) is 2. The average Bonchev–Trinajstić information content (AvgIpc) is 2.49. The van der Waals surface area contributed by atoms with Crippen LogP contribution in [-0.2, 0) is 6.42 Å². The first-order chi connectivity index (χ1) is 6.61. The van der Waals surface area contributed by atoms with Gasteiger partial charge in [-0.25, -0.2) is 0 Å². The third-order valence-electron chi connectivity index (χ3n) is 3.08. The molecule has 1 aromatic rings. The summed E-state index contributed by atoms with van der Waals surface area (Å²) >= 11 is 0. The van der Waals surface area contributed by atoms with E-state index in [2.05, 4.69) is 19.9 Å². The summed E-state index contributed by atoms with van der Waals surface area (Å²) in [5.41, 5.74) is 9.17. The van der Waals surface area contributed by atoms with Gasteiger partial charge in [0.2, 0.25) is 0 Å². The van der Waals surface area contributed by atoms with Gasteiger partial charge in [0, 0.05) is 6.04 Å². The predicted molar refractivity (Wildman–Crippen MR) is 57.4 cm³/mol. The lowest BCUT2D eigenvalue weighted by Gasteiger charge is -2.13. The van der Waals surface area contributed by atoms with E-state index < -0.39 is 0 Å². The number of fused-ring (bicyclic) bond motifs is 1. The minimum atomic E-state index is 0.122. The summed E-state index contributed by atoms with van der Waals surface area (Å²) in [6.07, 6.45) is 1.88. The summed E-state index contributed by atoms with van der Waals surface area (Å²) in [4.78, 5) is 0. The zero-order valence-corrected chi connectivity index (χ0v) is 8.75. The third kappa shape index (κ3) is 1.30. The molecule has 0 heterocycles. The molecule has 14 heavy (non-hydrogen) atoms. The van der Waals surface area contributed by atoms with Crippen molar-refractivity contribution in [2.24, 2.45) is 5.73 Å². The van der Waals surface area contributed by atoms with Gasteiger partial charge in [0.1, 0.15) is 5.75 Å². The molecule has 0 saturated heterocycles. The van der Waals surface area contributed by atoms with E-state index in [1.807, 2.05) is 6.07 Å². The molecule has 2 rings (SSSR count). The van der Waals surface area contributed by atoms with Crippen LogP contribution in [0.1, 0.15) is 48.9 Å². The first-order valence-electron chi connectivity index (χ1n) is 5.21. The molecule has 2 nitrogen and oxygen atoms in total. The quantitative estimate of drug-likeness (QED) is 0.716. The van der Waals surface area contributed by atoms with E-state index in [0.29, 0.717) is 11.7 Å². The summed E-state index contributed by atoms with van der Waals surface area (Å²) < 4.78 is 0. The van der Waals surface area contributed by atoms with Crippen molar-refractivity contribution in [3.05, 3.63) is 28.8 Å². The maximum atomic E-state index is 10.0. The molecule has 0 amide bonds. The molecule has 0 bridgehead atoms. The summed E-state index contributed by atoms with van der Waals surface area (Å²) in [5, 5.41) is 10.0. The van der Waals surface area contributed by atoms with Gasteiger partial charge in [0.25, 0.3) is 0 Å². The molecule has 1 aliphatic rings. The largest absolute Gasteiger partial charge is 0.507 e. The molecular formula is C12H17NO. The number of rotatable bonds is 1. The number of phenols is 1. The molecule has 0 unspecified atom stereocenters. The van der Waals surface area contributed by atoms with Crippen LogP contribution in [0.2, 0.25) is 0 Å². The van der Waals surface area contributed by atoms with Gasteiger partial charge in [-0.1, -0.05) is 26.0 Å². The lowest BCUT2D eigenvalue weighted by atomic mass is 9.96. The highest BCUT2D eigenvalue weighted by Crippen LogP contribution is 2.39. The summed E-state index contributed by atoms with van der Waals surface area (Å²) in [7, 11) is 0. The van der Waals surface area contributed by atoms with Crippen LogP contribution in [0.5, 0.6) is 5.75 Å². The Morgan fingerprint density at radius 1 is 1.43 bits per heavy atom. The van der Waals surface area contributed by atoms with E-state index in [4.69, 9.17) is 5.73 Å². The molecular weight excluding hydrogens is 174 g/mol. The van der Waals surface area contributed by atoms with Crippen LogP contribution in [0.15, 0.2) is 12.1 Å². The Bertz CT molecular complexity index is 358. The fourth-order valence-corrected chi connectivity index (χ4v) is 2.20. The van der Waals surface area contributed by atoms with Crippen LogP contribution in [0, 0.1) is 0 Å². The molecule has 3 N–H and O–H groups in total. The van der Waals surface area contributed by atoms with Crippen molar-refractivity contribution < 1.29 is 5.11 Å². The maximum Gasteiger partial charge on any atom is 0.122 e. The molecule has 1 aliphatic carbocycles. The number of hydrogen-bond donors (Lipinski definition) is 2. The molecule has 76 valence electrons. The minimum absolute atomic E-state index is 0.122. The zero-order valence-electron chi connectivity index (χ0n) is 8.75. The number of aromatic hydroxyl groups is 1. The van der Waals surface area contributed by atoms with Gasteiger partial charge in [-0.05, 0) is 35.4 Å². The SMILES string of the molecule is CC(C)c1ccc2c(c1O)CC[C@H]2N. The van der Waals surface area contributed by atoms with Crippen molar-refractivity contribution in [2.75, 3.05) is 0 Å². The summed E-state index contributed by atoms with van der Waals surface area (Å²) in [5.74, 6) is 0.850. The van der Waals surface area contributed by atoms with E-state index in [-0.39, 0.29) is 6.04 Å². The Morgan fingerprint density at radius 3 is 2.79 bits per heavy atom. The van der Waals surface area contributed by atoms with Crippen LogP contribution in [-0.4, -0.2) is 5.11 Å². The molecule has 0 saturated carbocycles. The molecule has 1 atom stereocenters. The Labute approximate surface area is 84.7 Å². The molecule has 0 aromatic heterocycles. The second kappa shape index (κ2) is 3.28. The van der Waals surface area contributed by atoms with Crippen LogP contribution in [0.25, 0.3) is 0 Å². The first kappa shape index (κ1) is 9.53. The van der Waals surface area contributed by atoms with Gasteiger partial charge in [0.05, 0.1) is 0 Å².